The van der Waals surface area contributed by atoms with Crippen LogP contribution in [0.5, 0.6) is 0 Å². The van der Waals surface area contributed by atoms with E-state index in [-0.39, 0.29) is 17.7 Å². The first-order valence-electron chi connectivity index (χ1n) is 7.30. The monoisotopic (exact) mass is 266 g/mol. The lowest BCUT2D eigenvalue weighted by Crippen LogP contribution is -2.38. The Bertz CT molecular complexity index is 396. The third-order valence-electron chi connectivity index (χ3n) is 3.75. The molecule has 1 saturated carbocycles. The van der Waals surface area contributed by atoms with E-state index in [0.29, 0.717) is 6.54 Å². The summed E-state index contributed by atoms with van der Waals surface area (Å²) in [5.74, 6) is 0. The Labute approximate surface area is 115 Å². The second kappa shape index (κ2) is 6.01. The minimum atomic E-state index is -0.222. The van der Waals surface area contributed by atoms with E-state index in [1.807, 2.05) is 10.9 Å². The standard InChI is InChI=1S/C14H26N4O/c1-14(2,3)18-10-11(16-17-18)9-15-12-7-5-4-6-8-13(12)19/h10,12-13,15,19H,4-9H2,1-3H3. The van der Waals surface area contributed by atoms with Gasteiger partial charge in [0.05, 0.1) is 23.5 Å². The molecular formula is C14H26N4O. The van der Waals surface area contributed by atoms with Gasteiger partial charge in [0.15, 0.2) is 0 Å². The highest BCUT2D eigenvalue weighted by atomic mass is 16.3. The average molecular weight is 266 g/mol. The van der Waals surface area contributed by atoms with Crippen molar-refractivity contribution in [2.24, 2.45) is 0 Å². The van der Waals surface area contributed by atoms with Crippen LogP contribution in [0.4, 0.5) is 0 Å². The molecule has 0 spiro atoms. The molecular weight excluding hydrogens is 240 g/mol. The highest BCUT2D eigenvalue weighted by Gasteiger charge is 2.21. The number of aliphatic hydroxyl groups excluding tert-OH is 1. The van der Waals surface area contributed by atoms with E-state index in [0.717, 1.165) is 25.0 Å². The van der Waals surface area contributed by atoms with Crippen LogP contribution in [-0.4, -0.2) is 32.2 Å². The smallest absolute Gasteiger partial charge is 0.0965 e. The van der Waals surface area contributed by atoms with Gasteiger partial charge in [0, 0.05) is 12.6 Å². The molecule has 1 heterocycles. The minimum absolute atomic E-state index is 0.0346. The Hall–Kier alpha value is -0.940. The molecule has 1 aromatic rings. The van der Waals surface area contributed by atoms with Crippen LogP contribution in [0.1, 0.15) is 58.6 Å². The topological polar surface area (TPSA) is 63.0 Å². The quantitative estimate of drug-likeness (QED) is 0.819. The van der Waals surface area contributed by atoms with Gasteiger partial charge in [-0.2, -0.15) is 0 Å². The van der Waals surface area contributed by atoms with Gasteiger partial charge in [-0.3, -0.25) is 0 Å². The number of aliphatic hydroxyl groups is 1. The van der Waals surface area contributed by atoms with Crippen molar-refractivity contribution in [2.75, 3.05) is 0 Å². The zero-order valence-electron chi connectivity index (χ0n) is 12.3. The lowest BCUT2D eigenvalue weighted by molar-refractivity contribution is 0.119. The highest BCUT2D eigenvalue weighted by molar-refractivity contribution is 4.95. The van der Waals surface area contributed by atoms with Gasteiger partial charge < -0.3 is 10.4 Å². The number of hydrogen-bond donors (Lipinski definition) is 2. The molecule has 19 heavy (non-hydrogen) atoms. The highest BCUT2D eigenvalue weighted by Crippen LogP contribution is 2.18. The molecule has 2 atom stereocenters. The predicted molar refractivity (Wildman–Crippen MR) is 74.7 cm³/mol. The van der Waals surface area contributed by atoms with Crippen LogP contribution in [0.15, 0.2) is 6.20 Å². The first-order valence-corrected chi connectivity index (χ1v) is 7.30. The molecule has 0 radical (unpaired) electrons. The van der Waals surface area contributed by atoms with Gasteiger partial charge in [0.2, 0.25) is 0 Å². The van der Waals surface area contributed by atoms with Crippen LogP contribution in [0.3, 0.4) is 0 Å². The van der Waals surface area contributed by atoms with E-state index in [4.69, 9.17) is 0 Å². The van der Waals surface area contributed by atoms with Crippen molar-refractivity contribution in [1.82, 2.24) is 20.3 Å². The summed E-state index contributed by atoms with van der Waals surface area (Å²) in [4.78, 5) is 0. The summed E-state index contributed by atoms with van der Waals surface area (Å²) in [7, 11) is 0. The Morgan fingerprint density at radius 1 is 1.32 bits per heavy atom. The molecule has 5 heteroatoms. The van der Waals surface area contributed by atoms with Gasteiger partial charge in [0.1, 0.15) is 0 Å². The van der Waals surface area contributed by atoms with Gasteiger partial charge >= 0.3 is 0 Å². The fourth-order valence-corrected chi connectivity index (χ4v) is 2.47. The number of aromatic nitrogens is 3. The zero-order chi connectivity index (χ0) is 13.9. The Kier molecular flexibility index (Phi) is 4.58. The van der Waals surface area contributed by atoms with Crippen molar-refractivity contribution in [3.8, 4) is 0 Å². The normalized spacial score (nSPS) is 25.3. The molecule has 2 unspecified atom stereocenters. The van der Waals surface area contributed by atoms with Gasteiger partial charge in [0.25, 0.3) is 0 Å². The van der Waals surface area contributed by atoms with Gasteiger partial charge in [-0.15, -0.1) is 5.10 Å². The fourth-order valence-electron chi connectivity index (χ4n) is 2.47. The molecule has 2 N–H and O–H groups in total. The van der Waals surface area contributed by atoms with Crippen molar-refractivity contribution >= 4 is 0 Å². The Balaban J connectivity index is 1.89. The fraction of sp³-hybridized carbons (Fsp3) is 0.857. The van der Waals surface area contributed by atoms with Gasteiger partial charge in [-0.05, 0) is 33.6 Å². The summed E-state index contributed by atoms with van der Waals surface area (Å²) in [6.07, 6.45) is 7.29. The second-order valence-corrected chi connectivity index (χ2v) is 6.52. The van der Waals surface area contributed by atoms with Crippen LogP contribution in [0.2, 0.25) is 0 Å². The van der Waals surface area contributed by atoms with Gasteiger partial charge in [-0.1, -0.05) is 24.5 Å². The minimum Gasteiger partial charge on any atom is -0.392 e. The van der Waals surface area contributed by atoms with Crippen LogP contribution in [0, 0.1) is 0 Å². The van der Waals surface area contributed by atoms with Crippen LogP contribution >= 0.6 is 0 Å². The SMILES string of the molecule is CC(C)(C)n1cc(CNC2CCCCCC2O)nn1. The Morgan fingerprint density at radius 3 is 2.74 bits per heavy atom. The molecule has 1 aromatic heterocycles. The molecule has 0 aliphatic heterocycles. The summed E-state index contributed by atoms with van der Waals surface area (Å²) in [6.45, 7) is 6.99. The maximum atomic E-state index is 10.1. The molecule has 1 aliphatic rings. The second-order valence-electron chi connectivity index (χ2n) is 6.52. The molecule has 1 aliphatic carbocycles. The summed E-state index contributed by atoms with van der Waals surface area (Å²) in [5, 5.41) is 21.8. The predicted octanol–water partition coefficient (Wildman–Crippen LogP) is 1.82. The van der Waals surface area contributed by atoms with E-state index in [2.05, 4.69) is 36.4 Å². The van der Waals surface area contributed by atoms with Crippen molar-refractivity contribution in [3.63, 3.8) is 0 Å². The van der Waals surface area contributed by atoms with E-state index < -0.39 is 0 Å². The molecule has 108 valence electrons. The largest absolute Gasteiger partial charge is 0.392 e. The van der Waals surface area contributed by atoms with E-state index in [1.54, 1.807) is 0 Å². The average Bonchev–Trinajstić information content (AvgIpc) is 2.72. The molecule has 0 aromatic carbocycles. The van der Waals surface area contributed by atoms with Crippen molar-refractivity contribution in [2.45, 2.75) is 77.1 Å². The zero-order valence-corrected chi connectivity index (χ0v) is 12.3. The molecule has 0 saturated heterocycles. The van der Waals surface area contributed by atoms with Crippen LogP contribution in [-0.2, 0) is 12.1 Å². The maximum Gasteiger partial charge on any atom is 0.0965 e. The number of rotatable bonds is 3. The number of nitrogens with zero attached hydrogens (tertiary/aromatic N) is 3. The Morgan fingerprint density at radius 2 is 2.05 bits per heavy atom. The van der Waals surface area contributed by atoms with Crippen molar-refractivity contribution in [1.29, 1.82) is 0 Å². The first-order chi connectivity index (χ1) is 8.97. The molecule has 1 fully saturated rings. The summed E-state index contributed by atoms with van der Waals surface area (Å²) in [6, 6.07) is 0.197. The summed E-state index contributed by atoms with van der Waals surface area (Å²) < 4.78 is 1.88. The summed E-state index contributed by atoms with van der Waals surface area (Å²) in [5.41, 5.74) is 0.902. The van der Waals surface area contributed by atoms with Crippen LogP contribution in [0.25, 0.3) is 0 Å². The lowest BCUT2D eigenvalue weighted by atomic mass is 10.1. The first kappa shape index (κ1) is 14.5. The molecule has 0 bridgehead atoms. The summed E-state index contributed by atoms with van der Waals surface area (Å²) >= 11 is 0. The van der Waals surface area contributed by atoms with E-state index in [9.17, 15) is 5.11 Å². The number of hydrogen-bond acceptors (Lipinski definition) is 4. The third kappa shape index (κ3) is 4.01. The van der Waals surface area contributed by atoms with E-state index in [1.165, 1.54) is 12.8 Å². The van der Waals surface area contributed by atoms with Crippen molar-refractivity contribution in [3.05, 3.63) is 11.9 Å². The van der Waals surface area contributed by atoms with Crippen molar-refractivity contribution < 1.29 is 5.11 Å². The molecule has 0 amide bonds. The maximum absolute atomic E-state index is 10.1. The van der Waals surface area contributed by atoms with Crippen LogP contribution < -0.4 is 5.32 Å². The third-order valence-corrected chi connectivity index (χ3v) is 3.75. The van der Waals surface area contributed by atoms with E-state index >= 15 is 0 Å². The molecule has 2 rings (SSSR count). The lowest BCUT2D eigenvalue weighted by Gasteiger charge is -2.21. The van der Waals surface area contributed by atoms with Gasteiger partial charge in [-0.25, -0.2) is 4.68 Å². The number of nitrogens with one attached hydrogen (secondary N) is 1. The molecule has 5 nitrogen and oxygen atoms in total.